The molecule has 0 bridgehead atoms. The van der Waals surface area contributed by atoms with Crippen molar-refractivity contribution < 1.29 is 0 Å². The second kappa shape index (κ2) is 6.51. The van der Waals surface area contributed by atoms with Gasteiger partial charge in [-0.25, -0.2) is 4.57 Å². The first-order chi connectivity index (χ1) is 13.5. The monoisotopic (exact) mass is 430 g/mol. The molecule has 4 aromatic rings. The predicted octanol–water partition coefficient (Wildman–Crippen LogP) is 4.63. The Morgan fingerprint density at radius 2 is 1.86 bits per heavy atom. The molecule has 0 radical (unpaired) electrons. The molecule has 0 amide bonds. The van der Waals surface area contributed by atoms with Crippen molar-refractivity contribution in [3.05, 3.63) is 64.4 Å². The lowest BCUT2D eigenvalue weighted by Crippen LogP contribution is -2.21. The number of hydrogen-bond donors (Lipinski definition) is 0. The first-order valence-corrected chi connectivity index (χ1v) is 10.7. The highest BCUT2D eigenvalue weighted by Crippen LogP contribution is 2.54. The zero-order chi connectivity index (χ0) is 19.5. The minimum Gasteiger partial charge on any atom is -0.268 e. The summed E-state index contributed by atoms with van der Waals surface area (Å²) >= 11 is 13.9. The van der Waals surface area contributed by atoms with E-state index < -0.39 is 4.33 Å². The fourth-order valence-corrected chi connectivity index (χ4v) is 5.19. The largest absolute Gasteiger partial charge is 0.268 e. The molecule has 1 aliphatic carbocycles. The minimum atomic E-state index is -0.625. The maximum atomic E-state index is 13.2. The zero-order valence-electron chi connectivity index (χ0n) is 15.0. The number of benzene rings is 2. The van der Waals surface area contributed by atoms with Gasteiger partial charge >= 0.3 is 0 Å². The van der Waals surface area contributed by atoms with Crippen molar-refractivity contribution in [3.63, 3.8) is 0 Å². The number of rotatable bonds is 4. The molecule has 5 rings (SSSR count). The van der Waals surface area contributed by atoms with Crippen molar-refractivity contribution in [2.45, 2.75) is 22.8 Å². The van der Waals surface area contributed by atoms with Crippen LogP contribution in [-0.4, -0.2) is 29.3 Å². The Bertz CT molecular complexity index is 1260. The standard InChI is InChI=1S/C20H16Cl2N4OS/c1-12-6-8-14(9-7-12)25-17(27)15-4-2-3-5-16(15)26-18(25)23-24-19(26)28-11-13-10-20(13,21)22/h2-9,13H,10-11H2,1H3. The Morgan fingerprint density at radius 3 is 2.57 bits per heavy atom. The van der Waals surface area contributed by atoms with Crippen LogP contribution in [-0.2, 0) is 0 Å². The average molecular weight is 431 g/mol. The Balaban J connectivity index is 1.72. The van der Waals surface area contributed by atoms with Gasteiger partial charge in [0.2, 0.25) is 5.78 Å². The molecule has 1 saturated carbocycles. The van der Waals surface area contributed by atoms with Gasteiger partial charge in [0.05, 0.1) is 16.6 Å². The van der Waals surface area contributed by atoms with Crippen LogP contribution in [0, 0.1) is 12.8 Å². The zero-order valence-corrected chi connectivity index (χ0v) is 17.3. The number of aromatic nitrogens is 4. The number of alkyl halides is 2. The summed E-state index contributed by atoms with van der Waals surface area (Å²) in [6.45, 7) is 2.01. The lowest BCUT2D eigenvalue weighted by Gasteiger charge is -2.11. The van der Waals surface area contributed by atoms with E-state index >= 15 is 0 Å². The van der Waals surface area contributed by atoms with E-state index in [1.807, 2.05) is 59.9 Å². The number of para-hydroxylation sites is 1. The summed E-state index contributed by atoms with van der Waals surface area (Å²) in [5.41, 5.74) is 2.57. The molecule has 2 aromatic heterocycles. The van der Waals surface area contributed by atoms with Crippen LogP contribution in [0.1, 0.15) is 12.0 Å². The van der Waals surface area contributed by atoms with E-state index in [0.29, 0.717) is 11.2 Å². The molecule has 5 nitrogen and oxygen atoms in total. The molecule has 142 valence electrons. The van der Waals surface area contributed by atoms with E-state index in [1.165, 1.54) is 0 Å². The number of thioether (sulfide) groups is 1. The molecule has 1 fully saturated rings. The highest BCUT2D eigenvalue weighted by atomic mass is 35.5. The molecule has 0 saturated heterocycles. The maximum absolute atomic E-state index is 13.2. The van der Waals surface area contributed by atoms with Gasteiger partial charge in [-0.15, -0.1) is 33.4 Å². The summed E-state index contributed by atoms with van der Waals surface area (Å²) < 4.78 is 2.93. The van der Waals surface area contributed by atoms with E-state index in [9.17, 15) is 4.79 Å². The Morgan fingerprint density at radius 1 is 1.14 bits per heavy atom. The second-order valence-electron chi connectivity index (χ2n) is 7.08. The van der Waals surface area contributed by atoms with Crippen LogP contribution >= 0.6 is 35.0 Å². The molecule has 1 unspecified atom stereocenters. The predicted molar refractivity (Wildman–Crippen MR) is 114 cm³/mol. The fraction of sp³-hybridized carbons (Fsp3) is 0.250. The lowest BCUT2D eigenvalue weighted by molar-refractivity contribution is 0.916. The highest BCUT2D eigenvalue weighted by Gasteiger charge is 2.51. The quantitative estimate of drug-likeness (QED) is 0.349. The van der Waals surface area contributed by atoms with Crippen LogP contribution < -0.4 is 5.56 Å². The molecular formula is C20H16Cl2N4OS. The van der Waals surface area contributed by atoms with Crippen LogP contribution in [0.3, 0.4) is 0 Å². The average Bonchev–Trinajstić information content (AvgIpc) is 3.09. The van der Waals surface area contributed by atoms with E-state index in [2.05, 4.69) is 10.2 Å². The smallest absolute Gasteiger partial charge is 0.267 e. The molecule has 2 aromatic carbocycles. The Labute approximate surface area is 175 Å². The van der Waals surface area contributed by atoms with Gasteiger partial charge in [0.1, 0.15) is 4.33 Å². The van der Waals surface area contributed by atoms with Gasteiger partial charge < -0.3 is 0 Å². The highest BCUT2D eigenvalue weighted by molar-refractivity contribution is 7.99. The summed E-state index contributed by atoms with van der Waals surface area (Å²) in [7, 11) is 0. The van der Waals surface area contributed by atoms with Crippen LogP contribution in [0.5, 0.6) is 0 Å². The van der Waals surface area contributed by atoms with Gasteiger partial charge in [0.15, 0.2) is 5.16 Å². The van der Waals surface area contributed by atoms with Gasteiger partial charge in [-0.3, -0.25) is 9.20 Å². The molecule has 28 heavy (non-hydrogen) atoms. The van der Waals surface area contributed by atoms with E-state index in [4.69, 9.17) is 23.2 Å². The number of halogens is 2. The molecule has 1 atom stereocenters. The summed E-state index contributed by atoms with van der Waals surface area (Å²) in [5, 5.41) is 10.1. The third-order valence-corrected chi connectivity index (χ3v) is 7.07. The summed E-state index contributed by atoms with van der Waals surface area (Å²) in [5.74, 6) is 1.49. The summed E-state index contributed by atoms with van der Waals surface area (Å²) in [6, 6.07) is 15.3. The summed E-state index contributed by atoms with van der Waals surface area (Å²) in [4.78, 5) is 13.2. The van der Waals surface area contributed by atoms with Crippen molar-refractivity contribution in [2.24, 2.45) is 5.92 Å². The van der Waals surface area contributed by atoms with Gasteiger partial charge in [-0.2, -0.15) is 0 Å². The van der Waals surface area contributed by atoms with Crippen molar-refractivity contribution in [1.29, 1.82) is 0 Å². The molecule has 0 N–H and O–H groups in total. The second-order valence-corrected chi connectivity index (χ2v) is 9.61. The summed E-state index contributed by atoms with van der Waals surface area (Å²) in [6.07, 6.45) is 0.786. The van der Waals surface area contributed by atoms with Crippen LogP contribution in [0.15, 0.2) is 58.5 Å². The molecule has 2 heterocycles. The third-order valence-electron chi connectivity index (χ3n) is 5.06. The maximum Gasteiger partial charge on any atom is 0.267 e. The molecule has 0 aliphatic heterocycles. The van der Waals surface area contributed by atoms with Crippen molar-refractivity contribution in [2.75, 3.05) is 5.75 Å². The fourth-order valence-electron chi connectivity index (χ4n) is 3.32. The lowest BCUT2D eigenvalue weighted by atomic mass is 10.2. The number of nitrogens with zero attached hydrogens (tertiary/aromatic N) is 4. The van der Waals surface area contributed by atoms with Gasteiger partial charge in [-0.1, -0.05) is 41.6 Å². The first-order valence-electron chi connectivity index (χ1n) is 8.92. The van der Waals surface area contributed by atoms with E-state index in [0.717, 1.165) is 34.1 Å². The Hall–Kier alpha value is -2.02. The SMILES string of the molecule is Cc1ccc(-n2c(=O)c3ccccc3n3c(SCC4CC4(Cl)Cl)nnc23)cc1. The molecule has 1 aliphatic rings. The van der Waals surface area contributed by atoms with Crippen LogP contribution in [0.2, 0.25) is 0 Å². The Kier molecular flexibility index (Phi) is 4.19. The van der Waals surface area contributed by atoms with Crippen molar-refractivity contribution >= 4 is 51.6 Å². The molecule has 8 heteroatoms. The minimum absolute atomic E-state index is 0.112. The van der Waals surface area contributed by atoms with Gasteiger partial charge in [0.25, 0.3) is 5.56 Å². The topological polar surface area (TPSA) is 52.2 Å². The van der Waals surface area contributed by atoms with E-state index in [1.54, 1.807) is 16.3 Å². The van der Waals surface area contributed by atoms with Gasteiger partial charge in [-0.05, 0) is 37.6 Å². The van der Waals surface area contributed by atoms with Crippen LogP contribution in [0.25, 0.3) is 22.4 Å². The van der Waals surface area contributed by atoms with Crippen LogP contribution in [0.4, 0.5) is 0 Å². The number of hydrogen-bond acceptors (Lipinski definition) is 4. The number of aryl methyl sites for hydroxylation is 1. The first kappa shape index (κ1) is 18.0. The van der Waals surface area contributed by atoms with Crippen molar-refractivity contribution in [1.82, 2.24) is 19.2 Å². The number of fused-ring (bicyclic) bond motifs is 3. The molecule has 0 spiro atoms. The molecular weight excluding hydrogens is 415 g/mol. The third kappa shape index (κ3) is 2.91. The van der Waals surface area contributed by atoms with E-state index in [-0.39, 0.29) is 11.5 Å². The normalized spacial score (nSPS) is 18.0. The van der Waals surface area contributed by atoms with Gasteiger partial charge in [0, 0.05) is 11.7 Å². The van der Waals surface area contributed by atoms with Crippen molar-refractivity contribution in [3.8, 4) is 5.69 Å².